The van der Waals surface area contributed by atoms with Gasteiger partial charge in [0.15, 0.2) is 0 Å². The summed E-state index contributed by atoms with van der Waals surface area (Å²) < 4.78 is 0. The molecule has 0 radical (unpaired) electrons. The Bertz CT molecular complexity index is 527. The van der Waals surface area contributed by atoms with Gasteiger partial charge in [0.25, 0.3) is 0 Å². The first-order valence-corrected chi connectivity index (χ1v) is 8.30. The van der Waals surface area contributed by atoms with Gasteiger partial charge in [0.1, 0.15) is 0 Å². The molecule has 22 heavy (non-hydrogen) atoms. The minimum atomic E-state index is -0.0651. The van der Waals surface area contributed by atoms with E-state index >= 15 is 0 Å². The molecule has 1 saturated heterocycles. The number of nitrogens with zero attached hydrogens (tertiary/aromatic N) is 1. The molecule has 1 fully saturated rings. The Morgan fingerprint density at radius 3 is 2.50 bits per heavy atom. The van der Waals surface area contributed by atoms with Crippen LogP contribution in [0.5, 0.6) is 0 Å². The van der Waals surface area contributed by atoms with Gasteiger partial charge in [-0.2, -0.15) is 0 Å². The first kappa shape index (κ1) is 15.1. The van der Waals surface area contributed by atoms with E-state index < -0.39 is 0 Å². The third kappa shape index (κ3) is 4.10. The molecule has 0 bridgehead atoms. The second kappa shape index (κ2) is 7.45. The fourth-order valence-electron chi connectivity index (χ4n) is 3.21. The van der Waals surface area contributed by atoms with Gasteiger partial charge in [-0.25, -0.2) is 4.79 Å². The van der Waals surface area contributed by atoms with Crippen molar-refractivity contribution in [1.29, 1.82) is 0 Å². The molecule has 0 spiro atoms. The van der Waals surface area contributed by atoms with E-state index in [4.69, 9.17) is 0 Å². The summed E-state index contributed by atoms with van der Waals surface area (Å²) in [5.41, 5.74) is 2.54. The molecule has 1 aromatic carbocycles. The van der Waals surface area contributed by atoms with Crippen LogP contribution in [0.15, 0.2) is 36.4 Å². The predicted octanol–water partition coefficient (Wildman–Crippen LogP) is 2.80. The van der Waals surface area contributed by atoms with Crippen molar-refractivity contribution in [1.82, 2.24) is 15.5 Å². The van der Waals surface area contributed by atoms with Crippen molar-refractivity contribution in [2.45, 2.75) is 44.8 Å². The highest BCUT2D eigenvalue weighted by Crippen LogP contribution is 2.16. The SMILES string of the molecule is O=C(NCc1ccccc1CN1CCCC1)NC1CC=CC1. The Kier molecular flexibility index (Phi) is 5.11. The highest BCUT2D eigenvalue weighted by Gasteiger charge is 2.15. The molecule has 118 valence electrons. The molecule has 0 saturated carbocycles. The van der Waals surface area contributed by atoms with Gasteiger partial charge in [-0.15, -0.1) is 0 Å². The molecule has 1 heterocycles. The van der Waals surface area contributed by atoms with Crippen molar-refractivity contribution in [2.24, 2.45) is 0 Å². The van der Waals surface area contributed by atoms with Crippen LogP contribution in [0, 0.1) is 0 Å². The monoisotopic (exact) mass is 299 g/mol. The Labute approximate surface area is 132 Å². The number of likely N-dealkylation sites (tertiary alicyclic amines) is 1. The second-order valence-corrected chi connectivity index (χ2v) is 6.22. The molecule has 0 atom stereocenters. The van der Waals surface area contributed by atoms with E-state index in [2.05, 4.69) is 45.9 Å². The number of hydrogen-bond acceptors (Lipinski definition) is 2. The van der Waals surface area contributed by atoms with Crippen LogP contribution in [0.4, 0.5) is 4.79 Å². The van der Waals surface area contributed by atoms with Crippen molar-refractivity contribution in [3.63, 3.8) is 0 Å². The number of hydrogen-bond donors (Lipinski definition) is 2. The van der Waals surface area contributed by atoms with Crippen LogP contribution in [0.2, 0.25) is 0 Å². The van der Waals surface area contributed by atoms with Gasteiger partial charge in [-0.3, -0.25) is 4.90 Å². The molecule has 4 nitrogen and oxygen atoms in total. The van der Waals surface area contributed by atoms with E-state index in [9.17, 15) is 4.79 Å². The van der Waals surface area contributed by atoms with E-state index in [0.717, 1.165) is 19.4 Å². The van der Waals surface area contributed by atoms with Gasteiger partial charge in [-0.05, 0) is 49.9 Å². The Hall–Kier alpha value is -1.81. The third-order valence-electron chi connectivity index (χ3n) is 4.49. The molecule has 1 aliphatic carbocycles. The van der Waals surface area contributed by atoms with Crippen molar-refractivity contribution in [2.75, 3.05) is 13.1 Å². The molecular formula is C18H25N3O. The average Bonchev–Trinajstić information content (AvgIpc) is 3.20. The Morgan fingerprint density at radius 2 is 1.77 bits per heavy atom. The lowest BCUT2D eigenvalue weighted by atomic mass is 10.1. The van der Waals surface area contributed by atoms with Crippen LogP contribution < -0.4 is 10.6 Å². The normalized spacial score (nSPS) is 18.7. The van der Waals surface area contributed by atoms with E-state index in [-0.39, 0.29) is 12.1 Å². The number of carbonyl (C=O) groups is 1. The molecule has 2 amide bonds. The topological polar surface area (TPSA) is 44.4 Å². The molecule has 2 N–H and O–H groups in total. The predicted molar refractivity (Wildman–Crippen MR) is 88.5 cm³/mol. The standard InChI is InChI=1S/C18H25N3O/c22-18(20-17-9-3-4-10-17)19-13-15-7-1-2-8-16(15)14-21-11-5-6-12-21/h1-4,7-8,17H,5-6,9-14H2,(H2,19,20,22). The average molecular weight is 299 g/mol. The van der Waals surface area contributed by atoms with Gasteiger partial charge < -0.3 is 10.6 Å². The first-order chi connectivity index (χ1) is 10.8. The highest BCUT2D eigenvalue weighted by atomic mass is 16.2. The van der Waals surface area contributed by atoms with E-state index in [1.807, 2.05) is 6.07 Å². The van der Waals surface area contributed by atoms with Crippen molar-refractivity contribution >= 4 is 6.03 Å². The smallest absolute Gasteiger partial charge is 0.315 e. The fourth-order valence-corrected chi connectivity index (χ4v) is 3.21. The number of urea groups is 1. The second-order valence-electron chi connectivity index (χ2n) is 6.22. The zero-order chi connectivity index (χ0) is 15.2. The molecule has 1 aliphatic heterocycles. The lowest BCUT2D eigenvalue weighted by molar-refractivity contribution is 0.237. The Morgan fingerprint density at radius 1 is 1.09 bits per heavy atom. The number of carbonyl (C=O) groups excluding carboxylic acids is 1. The number of nitrogens with one attached hydrogen (secondary N) is 2. The van der Waals surface area contributed by atoms with Crippen LogP contribution in [-0.4, -0.2) is 30.1 Å². The first-order valence-electron chi connectivity index (χ1n) is 8.30. The van der Waals surface area contributed by atoms with Crippen molar-refractivity contribution in [3.05, 3.63) is 47.5 Å². The molecule has 3 rings (SSSR count). The third-order valence-corrected chi connectivity index (χ3v) is 4.49. The van der Waals surface area contributed by atoms with Gasteiger partial charge in [-0.1, -0.05) is 36.4 Å². The van der Waals surface area contributed by atoms with Crippen LogP contribution in [0.3, 0.4) is 0 Å². The molecule has 2 aliphatic rings. The molecule has 4 heteroatoms. The van der Waals surface area contributed by atoms with Crippen LogP contribution >= 0.6 is 0 Å². The van der Waals surface area contributed by atoms with Crippen molar-refractivity contribution < 1.29 is 4.79 Å². The summed E-state index contributed by atoms with van der Waals surface area (Å²) in [6, 6.07) is 8.61. The number of benzene rings is 1. The lowest BCUT2D eigenvalue weighted by Gasteiger charge is -2.18. The van der Waals surface area contributed by atoms with Crippen molar-refractivity contribution in [3.8, 4) is 0 Å². The van der Waals surface area contributed by atoms with Gasteiger partial charge >= 0.3 is 6.03 Å². The Balaban J connectivity index is 1.51. The molecule has 0 unspecified atom stereocenters. The molecular weight excluding hydrogens is 274 g/mol. The van der Waals surface area contributed by atoms with E-state index in [1.165, 1.54) is 37.1 Å². The van der Waals surface area contributed by atoms with Gasteiger partial charge in [0, 0.05) is 19.1 Å². The summed E-state index contributed by atoms with van der Waals surface area (Å²) in [5, 5.41) is 6.01. The fraction of sp³-hybridized carbons (Fsp3) is 0.500. The largest absolute Gasteiger partial charge is 0.335 e. The van der Waals surface area contributed by atoms with Crippen LogP contribution in [0.25, 0.3) is 0 Å². The summed E-state index contributed by atoms with van der Waals surface area (Å²) in [7, 11) is 0. The molecule has 1 aromatic rings. The zero-order valence-corrected chi connectivity index (χ0v) is 13.1. The highest BCUT2D eigenvalue weighted by molar-refractivity contribution is 5.74. The van der Waals surface area contributed by atoms with Crippen LogP contribution in [0.1, 0.15) is 36.8 Å². The van der Waals surface area contributed by atoms with E-state index in [1.54, 1.807) is 0 Å². The maximum Gasteiger partial charge on any atom is 0.315 e. The summed E-state index contributed by atoms with van der Waals surface area (Å²) in [5.74, 6) is 0. The zero-order valence-electron chi connectivity index (χ0n) is 13.1. The number of rotatable bonds is 5. The van der Waals surface area contributed by atoms with Crippen LogP contribution in [-0.2, 0) is 13.1 Å². The molecule has 0 aromatic heterocycles. The maximum atomic E-state index is 12.0. The summed E-state index contributed by atoms with van der Waals surface area (Å²) in [4.78, 5) is 14.5. The van der Waals surface area contributed by atoms with E-state index in [0.29, 0.717) is 6.54 Å². The number of amides is 2. The van der Waals surface area contributed by atoms with Gasteiger partial charge in [0.2, 0.25) is 0 Å². The minimum absolute atomic E-state index is 0.0651. The maximum absolute atomic E-state index is 12.0. The summed E-state index contributed by atoms with van der Waals surface area (Å²) in [6.45, 7) is 3.97. The summed E-state index contributed by atoms with van der Waals surface area (Å²) >= 11 is 0. The van der Waals surface area contributed by atoms with Gasteiger partial charge in [0.05, 0.1) is 0 Å². The minimum Gasteiger partial charge on any atom is -0.335 e. The summed E-state index contributed by atoms with van der Waals surface area (Å²) in [6.07, 6.45) is 8.74. The lowest BCUT2D eigenvalue weighted by Crippen LogP contribution is -2.40. The quantitative estimate of drug-likeness (QED) is 0.821.